The van der Waals surface area contributed by atoms with Gasteiger partial charge in [0.1, 0.15) is 0 Å². The molecule has 1 N–H and O–H groups in total. The van der Waals surface area contributed by atoms with Gasteiger partial charge in [-0.25, -0.2) is 8.42 Å². The summed E-state index contributed by atoms with van der Waals surface area (Å²) in [5.41, 5.74) is 1.75. The smallest absolute Gasteiger partial charge is 0.259 e. The number of carbonyl (C=O) groups is 1. The second-order valence-corrected chi connectivity index (χ2v) is 9.62. The van der Waals surface area contributed by atoms with Crippen LogP contribution in [0, 0.1) is 6.92 Å². The minimum absolute atomic E-state index is 0.0642. The highest BCUT2D eigenvalue weighted by Crippen LogP contribution is 2.26. The lowest BCUT2D eigenvalue weighted by Gasteiger charge is -2.04. The van der Waals surface area contributed by atoms with Crippen LogP contribution in [0.2, 0.25) is 10.0 Å². The van der Waals surface area contributed by atoms with Gasteiger partial charge in [0, 0.05) is 5.02 Å². The Morgan fingerprint density at radius 3 is 2.59 bits per heavy atom. The molecule has 1 heterocycles. The Bertz CT molecular complexity index is 1110. The van der Waals surface area contributed by atoms with Gasteiger partial charge in [-0.1, -0.05) is 58.8 Å². The summed E-state index contributed by atoms with van der Waals surface area (Å²) in [5.74, 6) is -0.721. The van der Waals surface area contributed by atoms with E-state index in [1.165, 1.54) is 18.2 Å². The third-order valence-electron chi connectivity index (χ3n) is 3.68. The van der Waals surface area contributed by atoms with E-state index in [1.807, 2.05) is 19.1 Å². The largest absolute Gasteiger partial charge is 0.296 e. The minimum atomic E-state index is -3.68. The highest BCUT2D eigenvalue weighted by atomic mass is 35.5. The number of amides is 1. The van der Waals surface area contributed by atoms with Crippen LogP contribution < -0.4 is 5.32 Å². The molecule has 2 aromatic carbocycles. The van der Waals surface area contributed by atoms with Crippen LogP contribution in [-0.4, -0.2) is 24.5 Å². The summed E-state index contributed by atoms with van der Waals surface area (Å²) < 4.78 is 25.0. The summed E-state index contributed by atoms with van der Waals surface area (Å²) in [6.07, 6.45) is 0. The van der Waals surface area contributed by atoms with Gasteiger partial charge >= 0.3 is 0 Å². The molecule has 0 aliphatic heterocycles. The normalized spacial score (nSPS) is 11.4. The average Bonchev–Trinajstić information content (AvgIpc) is 3.06. The summed E-state index contributed by atoms with van der Waals surface area (Å²) in [7, 11) is -3.68. The summed E-state index contributed by atoms with van der Waals surface area (Å²) >= 11 is 12.6. The summed E-state index contributed by atoms with van der Waals surface area (Å²) in [6, 6.07) is 11.6. The van der Waals surface area contributed by atoms with E-state index in [9.17, 15) is 13.2 Å². The van der Waals surface area contributed by atoms with E-state index in [0.29, 0.717) is 10.6 Å². The lowest BCUT2D eigenvalue weighted by molar-refractivity contribution is 0.102. The fourth-order valence-corrected chi connectivity index (χ4v) is 5.17. The second kappa shape index (κ2) is 7.93. The molecular weight excluding hydrogens is 429 g/mol. The van der Waals surface area contributed by atoms with Crippen molar-refractivity contribution in [2.75, 3.05) is 5.32 Å². The van der Waals surface area contributed by atoms with E-state index in [0.717, 1.165) is 16.9 Å². The Morgan fingerprint density at radius 1 is 1.15 bits per heavy atom. The first-order valence-electron chi connectivity index (χ1n) is 7.63. The number of sulfone groups is 1. The van der Waals surface area contributed by atoms with Gasteiger partial charge in [0.15, 0.2) is 0 Å². The van der Waals surface area contributed by atoms with E-state index >= 15 is 0 Å². The maximum absolute atomic E-state index is 12.6. The molecule has 0 spiro atoms. The van der Waals surface area contributed by atoms with Gasteiger partial charge in [-0.05, 0) is 36.2 Å². The van der Waals surface area contributed by atoms with Crippen LogP contribution in [0.1, 0.15) is 21.5 Å². The predicted molar refractivity (Wildman–Crippen MR) is 106 cm³/mol. The Morgan fingerprint density at radius 2 is 1.89 bits per heavy atom. The fourth-order valence-electron chi connectivity index (χ4n) is 2.26. The lowest BCUT2D eigenvalue weighted by atomic mass is 10.1. The number of rotatable bonds is 5. The van der Waals surface area contributed by atoms with Crippen LogP contribution in [0.15, 0.2) is 46.8 Å². The lowest BCUT2D eigenvalue weighted by Crippen LogP contribution is -2.12. The maximum Gasteiger partial charge on any atom is 0.259 e. The highest BCUT2D eigenvalue weighted by molar-refractivity contribution is 7.92. The summed E-state index contributed by atoms with van der Waals surface area (Å²) in [6.45, 7) is 1.84. The van der Waals surface area contributed by atoms with Crippen molar-refractivity contribution < 1.29 is 13.2 Å². The number of aryl methyl sites for hydroxylation is 1. The van der Waals surface area contributed by atoms with Crippen LogP contribution in [0.5, 0.6) is 0 Å². The molecule has 27 heavy (non-hydrogen) atoms. The molecule has 0 bridgehead atoms. The zero-order valence-corrected chi connectivity index (χ0v) is 17.1. The van der Waals surface area contributed by atoms with Gasteiger partial charge < -0.3 is 0 Å². The molecule has 6 nitrogen and oxygen atoms in total. The maximum atomic E-state index is 12.6. The molecule has 0 unspecified atom stereocenters. The van der Waals surface area contributed by atoms with Crippen molar-refractivity contribution in [2.24, 2.45) is 0 Å². The second-order valence-electron chi connectivity index (χ2n) is 5.64. The van der Waals surface area contributed by atoms with Crippen molar-refractivity contribution in [1.29, 1.82) is 0 Å². The molecular formula is C17H13Cl2N3O3S2. The first-order valence-corrected chi connectivity index (χ1v) is 10.9. The zero-order valence-electron chi connectivity index (χ0n) is 13.9. The van der Waals surface area contributed by atoms with Gasteiger partial charge in [-0.15, -0.1) is 10.2 Å². The average molecular weight is 442 g/mol. The van der Waals surface area contributed by atoms with Gasteiger partial charge in [0.25, 0.3) is 5.91 Å². The zero-order chi connectivity index (χ0) is 19.6. The minimum Gasteiger partial charge on any atom is -0.296 e. The number of hydrogen-bond acceptors (Lipinski definition) is 6. The highest BCUT2D eigenvalue weighted by Gasteiger charge is 2.23. The number of aromatic nitrogens is 2. The van der Waals surface area contributed by atoms with Crippen LogP contribution >= 0.6 is 34.5 Å². The molecule has 1 aromatic heterocycles. The fraction of sp³-hybridized carbons (Fsp3) is 0.118. The van der Waals surface area contributed by atoms with Crippen molar-refractivity contribution >= 4 is 55.4 Å². The molecule has 0 atom stereocenters. The van der Waals surface area contributed by atoms with Gasteiger partial charge in [0.05, 0.1) is 16.3 Å². The number of hydrogen-bond donors (Lipinski definition) is 1. The number of carbonyl (C=O) groups excluding carboxylic acids is 1. The third-order valence-corrected chi connectivity index (χ3v) is 7.17. The van der Waals surface area contributed by atoms with Gasteiger partial charge in [0.2, 0.25) is 19.3 Å². The molecule has 0 fully saturated rings. The van der Waals surface area contributed by atoms with Crippen molar-refractivity contribution in [3.8, 4) is 0 Å². The number of benzene rings is 2. The topological polar surface area (TPSA) is 89.0 Å². The third kappa shape index (κ3) is 4.65. The van der Waals surface area contributed by atoms with Crippen LogP contribution in [0.4, 0.5) is 5.13 Å². The number of nitrogens with one attached hydrogen (secondary N) is 1. The number of halogens is 2. The Balaban J connectivity index is 1.78. The Hall–Kier alpha value is -2.00. The van der Waals surface area contributed by atoms with E-state index in [4.69, 9.17) is 23.2 Å². The summed E-state index contributed by atoms with van der Waals surface area (Å²) in [5, 5.41) is 10.6. The van der Waals surface area contributed by atoms with E-state index in [-0.39, 0.29) is 25.8 Å². The van der Waals surface area contributed by atoms with Crippen molar-refractivity contribution in [3.05, 3.63) is 69.2 Å². The molecule has 0 radical (unpaired) electrons. The first kappa shape index (κ1) is 19.8. The van der Waals surface area contributed by atoms with E-state index in [2.05, 4.69) is 15.5 Å². The molecule has 0 saturated carbocycles. The molecule has 3 rings (SSSR count). The first-order chi connectivity index (χ1) is 12.8. The van der Waals surface area contributed by atoms with Crippen molar-refractivity contribution in [3.63, 3.8) is 0 Å². The Labute approximate surface area is 170 Å². The predicted octanol–water partition coefficient (Wildman–Crippen LogP) is 4.38. The number of anilines is 1. The molecule has 0 aliphatic carbocycles. The quantitative estimate of drug-likeness (QED) is 0.593. The summed E-state index contributed by atoms with van der Waals surface area (Å²) in [4.78, 5) is 12.3. The number of nitrogens with zero attached hydrogens (tertiary/aromatic N) is 2. The van der Waals surface area contributed by atoms with E-state index in [1.54, 1.807) is 12.1 Å². The SMILES string of the molecule is Cc1ccccc1CS(=O)(=O)c1nnc(NC(=O)c2ccc(Cl)cc2Cl)s1. The monoisotopic (exact) mass is 441 g/mol. The van der Waals surface area contributed by atoms with Gasteiger partial charge in [-0.3, -0.25) is 10.1 Å². The van der Waals surface area contributed by atoms with Crippen LogP contribution in [-0.2, 0) is 15.6 Å². The van der Waals surface area contributed by atoms with E-state index < -0.39 is 15.7 Å². The van der Waals surface area contributed by atoms with Crippen molar-refractivity contribution in [1.82, 2.24) is 10.2 Å². The molecule has 0 saturated heterocycles. The van der Waals surface area contributed by atoms with Gasteiger partial charge in [-0.2, -0.15) is 0 Å². The van der Waals surface area contributed by atoms with Crippen LogP contribution in [0.25, 0.3) is 0 Å². The van der Waals surface area contributed by atoms with Crippen molar-refractivity contribution in [2.45, 2.75) is 17.0 Å². The Kier molecular flexibility index (Phi) is 5.81. The molecule has 0 aliphatic rings. The molecule has 1 amide bonds. The van der Waals surface area contributed by atoms with Crippen LogP contribution in [0.3, 0.4) is 0 Å². The molecule has 3 aromatic rings. The molecule has 140 valence electrons. The molecule has 10 heteroatoms. The standard InChI is InChI=1S/C17H13Cl2N3O3S2/c1-10-4-2-3-5-11(10)9-27(24,25)17-22-21-16(26-17)20-15(23)13-7-6-12(18)8-14(13)19/h2-8H,9H2,1H3,(H,20,21,23).